The van der Waals surface area contributed by atoms with Gasteiger partial charge in [-0.3, -0.25) is 9.36 Å². The fourth-order valence-corrected chi connectivity index (χ4v) is 2.15. The molecule has 0 atom stereocenters. The SMILES string of the molecule is CC(=O)c1cc(F)ccc1-n1cnc2ccccc21. The standard InChI is InChI=1S/C15H11FN2O/c1-10(19)12-8-11(16)6-7-14(12)18-9-17-13-4-2-3-5-15(13)18/h2-9H,1H3. The number of carbonyl (C=O) groups is 1. The monoisotopic (exact) mass is 254 g/mol. The molecule has 0 aliphatic rings. The number of ketones is 1. The highest BCUT2D eigenvalue weighted by Gasteiger charge is 2.12. The lowest BCUT2D eigenvalue weighted by Crippen LogP contribution is -2.03. The van der Waals surface area contributed by atoms with Crippen molar-refractivity contribution >= 4 is 16.8 Å². The van der Waals surface area contributed by atoms with E-state index in [0.29, 0.717) is 11.3 Å². The van der Waals surface area contributed by atoms with Crippen molar-refractivity contribution in [1.82, 2.24) is 9.55 Å². The molecule has 0 unspecified atom stereocenters. The lowest BCUT2D eigenvalue weighted by molar-refractivity contribution is 0.101. The summed E-state index contributed by atoms with van der Waals surface area (Å²) in [4.78, 5) is 15.9. The summed E-state index contributed by atoms with van der Waals surface area (Å²) in [6, 6.07) is 11.8. The number of hydrogen-bond acceptors (Lipinski definition) is 2. The maximum atomic E-state index is 13.3. The van der Waals surface area contributed by atoms with E-state index in [0.717, 1.165) is 11.0 Å². The third-order valence-electron chi connectivity index (χ3n) is 3.05. The van der Waals surface area contributed by atoms with E-state index in [4.69, 9.17) is 0 Å². The van der Waals surface area contributed by atoms with Crippen LogP contribution in [0.4, 0.5) is 4.39 Å². The lowest BCUT2D eigenvalue weighted by Gasteiger charge is -2.09. The lowest BCUT2D eigenvalue weighted by atomic mass is 10.1. The van der Waals surface area contributed by atoms with Gasteiger partial charge in [0.05, 0.1) is 16.7 Å². The summed E-state index contributed by atoms with van der Waals surface area (Å²) in [6.45, 7) is 1.43. The van der Waals surface area contributed by atoms with Crippen molar-refractivity contribution in [2.75, 3.05) is 0 Å². The van der Waals surface area contributed by atoms with Crippen molar-refractivity contribution in [2.24, 2.45) is 0 Å². The number of benzene rings is 2. The minimum Gasteiger partial charge on any atom is -0.298 e. The topological polar surface area (TPSA) is 34.9 Å². The highest BCUT2D eigenvalue weighted by Crippen LogP contribution is 2.22. The van der Waals surface area contributed by atoms with E-state index in [1.54, 1.807) is 17.0 Å². The quantitative estimate of drug-likeness (QED) is 0.657. The summed E-state index contributed by atoms with van der Waals surface area (Å²) < 4.78 is 15.1. The van der Waals surface area contributed by atoms with Gasteiger partial charge in [-0.1, -0.05) is 12.1 Å². The molecule has 0 N–H and O–H groups in total. The van der Waals surface area contributed by atoms with Crippen LogP contribution < -0.4 is 0 Å². The van der Waals surface area contributed by atoms with Crippen LogP contribution in [-0.2, 0) is 0 Å². The van der Waals surface area contributed by atoms with Crippen molar-refractivity contribution in [3.8, 4) is 5.69 Å². The molecule has 2 aromatic carbocycles. The molecule has 4 heteroatoms. The minimum atomic E-state index is -0.418. The number of aromatic nitrogens is 2. The molecule has 1 heterocycles. The Labute approximate surface area is 109 Å². The molecular formula is C15H11FN2O. The number of hydrogen-bond donors (Lipinski definition) is 0. The summed E-state index contributed by atoms with van der Waals surface area (Å²) in [5.41, 5.74) is 2.71. The average Bonchev–Trinajstić information content (AvgIpc) is 2.82. The van der Waals surface area contributed by atoms with Gasteiger partial charge in [-0.2, -0.15) is 0 Å². The molecule has 0 fully saturated rings. The van der Waals surface area contributed by atoms with E-state index in [1.165, 1.54) is 19.1 Å². The molecule has 0 amide bonds. The van der Waals surface area contributed by atoms with Gasteiger partial charge in [-0.05, 0) is 37.3 Å². The second kappa shape index (κ2) is 4.31. The number of imidazole rings is 1. The maximum absolute atomic E-state index is 13.3. The molecule has 3 nitrogen and oxygen atoms in total. The molecule has 1 aromatic heterocycles. The second-order valence-electron chi connectivity index (χ2n) is 4.32. The van der Waals surface area contributed by atoms with Crippen LogP contribution in [0.15, 0.2) is 48.8 Å². The summed E-state index contributed by atoms with van der Waals surface area (Å²) in [5.74, 6) is -0.592. The van der Waals surface area contributed by atoms with Crippen molar-refractivity contribution in [3.63, 3.8) is 0 Å². The largest absolute Gasteiger partial charge is 0.298 e. The van der Waals surface area contributed by atoms with Crippen molar-refractivity contribution in [1.29, 1.82) is 0 Å². The average molecular weight is 254 g/mol. The van der Waals surface area contributed by atoms with Crippen molar-refractivity contribution in [2.45, 2.75) is 6.92 Å². The maximum Gasteiger partial charge on any atom is 0.162 e. The van der Waals surface area contributed by atoms with Crippen molar-refractivity contribution in [3.05, 3.63) is 60.2 Å². The second-order valence-corrected chi connectivity index (χ2v) is 4.32. The minimum absolute atomic E-state index is 0.174. The Morgan fingerprint density at radius 3 is 2.79 bits per heavy atom. The van der Waals surface area contributed by atoms with Gasteiger partial charge in [0.25, 0.3) is 0 Å². The predicted molar refractivity (Wildman–Crippen MR) is 71.0 cm³/mol. The number of fused-ring (bicyclic) bond motifs is 1. The van der Waals surface area contributed by atoms with Crippen molar-refractivity contribution < 1.29 is 9.18 Å². The van der Waals surface area contributed by atoms with Crippen LogP contribution in [0.3, 0.4) is 0 Å². The summed E-state index contributed by atoms with van der Waals surface area (Å²) in [5, 5.41) is 0. The molecule has 0 aliphatic heterocycles. The number of halogens is 1. The van der Waals surface area contributed by atoms with Gasteiger partial charge in [-0.15, -0.1) is 0 Å². The number of Topliss-reactive ketones (excluding diaryl/α,β-unsaturated/α-hetero) is 1. The zero-order valence-corrected chi connectivity index (χ0v) is 10.3. The summed E-state index contributed by atoms with van der Waals surface area (Å²) in [7, 11) is 0. The van der Waals surface area contributed by atoms with Crippen LogP contribution in [0.2, 0.25) is 0 Å². The summed E-state index contributed by atoms with van der Waals surface area (Å²) in [6.07, 6.45) is 1.64. The normalized spacial score (nSPS) is 10.8. The molecule has 3 rings (SSSR count). The van der Waals surface area contributed by atoms with E-state index in [-0.39, 0.29) is 5.78 Å². The number of nitrogens with zero attached hydrogens (tertiary/aromatic N) is 2. The van der Waals surface area contributed by atoms with Gasteiger partial charge in [0.1, 0.15) is 12.1 Å². The fraction of sp³-hybridized carbons (Fsp3) is 0.0667. The molecule has 94 valence electrons. The third-order valence-corrected chi connectivity index (χ3v) is 3.05. The highest BCUT2D eigenvalue weighted by atomic mass is 19.1. The van der Waals surface area contributed by atoms with Gasteiger partial charge in [0.2, 0.25) is 0 Å². The first-order valence-electron chi connectivity index (χ1n) is 5.90. The molecule has 0 bridgehead atoms. The Hall–Kier alpha value is -2.49. The molecule has 19 heavy (non-hydrogen) atoms. The van der Waals surface area contributed by atoms with Crippen LogP contribution in [0.25, 0.3) is 16.7 Å². The van der Waals surface area contributed by atoms with Crippen LogP contribution in [-0.4, -0.2) is 15.3 Å². The van der Waals surface area contributed by atoms with Crippen LogP contribution >= 0.6 is 0 Å². The smallest absolute Gasteiger partial charge is 0.162 e. The van der Waals surface area contributed by atoms with Crippen LogP contribution in [0.5, 0.6) is 0 Å². The molecular weight excluding hydrogens is 243 g/mol. The zero-order chi connectivity index (χ0) is 13.4. The number of para-hydroxylation sites is 2. The Balaban J connectivity index is 2.30. The Bertz CT molecular complexity index is 777. The first-order valence-corrected chi connectivity index (χ1v) is 5.90. The zero-order valence-electron chi connectivity index (χ0n) is 10.3. The van der Waals surface area contributed by atoms with E-state index < -0.39 is 5.82 Å². The highest BCUT2D eigenvalue weighted by molar-refractivity contribution is 5.98. The molecule has 0 radical (unpaired) electrons. The molecule has 0 saturated heterocycles. The molecule has 0 saturated carbocycles. The first-order chi connectivity index (χ1) is 9.16. The van der Waals surface area contributed by atoms with E-state index in [1.807, 2.05) is 24.3 Å². The van der Waals surface area contributed by atoms with Gasteiger partial charge in [0, 0.05) is 5.56 Å². The van der Waals surface area contributed by atoms with Gasteiger partial charge in [0.15, 0.2) is 5.78 Å². The Morgan fingerprint density at radius 1 is 1.21 bits per heavy atom. The third kappa shape index (κ3) is 1.91. The number of rotatable bonds is 2. The van der Waals surface area contributed by atoms with Crippen LogP contribution in [0, 0.1) is 5.82 Å². The molecule has 3 aromatic rings. The summed E-state index contributed by atoms with van der Waals surface area (Å²) >= 11 is 0. The van der Waals surface area contributed by atoms with E-state index in [2.05, 4.69) is 4.98 Å². The van der Waals surface area contributed by atoms with Gasteiger partial charge >= 0.3 is 0 Å². The predicted octanol–water partition coefficient (Wildman–Crippen LogP) is 3.37. The first kappa shape index (κ1) is 11.6. The molecule has 0 aliphatic carbocycles. The van der Waals surface area contributed by atoms with E-state index >= 15 is 0 Å². The molecule has 0 spiro atoms. The van der Waals surface area contributed by atoms with Crippen LogP contribution in [0.1, 0.15) is 17.3 Å². The Kier molecular flexibility index (Phi) is 2.63. The fourth-order valence-electron chi connectivity index (χ4n) is 2.15. The van der Waals surface area contributed by atoms with E-state index in [9.17, 15) is 9.18 Å². The van der Waals surface area contributed by atoms with Gasteiger partial charge in [-0.25, -0.2) is 9.37 Å². The Morgan fingerprint density at radius 2 is 2.00 bits per heavy atom. The van der Waals surface area contributed by atoms with Gasteiger partial charge < -0.3 is 0 Å². The number of carbonyl (C=O) groups excluding carboxylic acids is 1.